The summed E-state index contributed by atoms with van der Waals surface area (Å²) in [7, 11) is 0. The van der Waals surface area contributed by atoms with Crippen molar-refractivity contribution in [3.63, 3.8) is 0 Å². The highest BCUT2D eigenvalue weighted by molar-refractivity contribution is 6.46. The summed E-state index contributed by atoms with van der Waals surface area (Å²) in [6.07, 6.45) is 0.892. The summed E-state index contributed by atoms with van der Waals surface area (Å²) < 4.78 is 0. The van der Waals surface area contributed by atoms with Crippen molar-refractivity contribution in [3.05, 3.63) is 113 Å². The monoisotopic (exact) mass is 432 g/mol. The second kappa shape index (κ2) is 8.40. The molecule has 0 spiro atoms. The molecule has 1 aliphatic heterocycles. The first-order valence-corrected chi connectivity index (χ1v) is 11.1. The van der Waals surface area contributed by atoms with Crippen molar-refractivity contribution >= 4 is 39.5 Å². The number of carbonyl (C=O) groups excluding carboxylic acids is 2. The van der Waals surface area contributed by atoms with Crippen LogP contribution in [-0.4, -0.2) is 11.8 Å². The van der Waals surface area contributed by atoms with E-state index in [2.05, 4.69) is 12.2 Å². The van der Waals surface area contributed by atoms with Crippen LogP contribution in [0.4, 0.5) is 11.4 Å². The largest absolute Gasteiger partial charge is 0.350 e. The van der Waals surface area contributed by atoms with Crippen LogP contribution in [0.5, 0.6) is 0 Å². The van der Waals surface area contributed by atoms with Crippen LogP contribution in [0, 0.1) is 6.92 Å². The minimum atomic E-state index is -0.354. The molecule has 1 N–H and O–H groups in total. The zero-order valence-corrected chi connectivity index (χ0v) is 18.6. The Morgan fingerprint density at radius 2 is 1.45 bits per heavy atom. The number of fused-ring (bicyclic) bond motifs is 1. The summed E-state index contributed by atoms with van der Waals surface area (Å²) in [6.45, 7) is 4.07. The van der Waals surface area contributed by atoms with Gasteiger partial charge in [-0.05, 0) is 48.1 Å². The molecule has 162 valence electrons. The van der Waals surface area contributed by atoms with Crippen LogP contribution in [0.2, 0.25) is 0 Å². The van der Waals surface area contributed by atoms with Gasteiger partial charge in [0.25, 0.3) is 11.8 Å². The predicted molar refractivity (Wildman–Crippen MR) is 134 cm³/mol. The maximum absolute atomic E-state index is 13.6. The van der Waals surface area contributed by atoms with E-state index in [1.54, 1.807) is 0 Å². The number of rotatable bonds is 5. The molecule has 1 aliphatic rings. The lowest BCUT2D eigenvalue weighted by molar-refractivity contribution is -0.120. The van der Waals surface area contributed by atoms with Crippen LogP contribution >= 0.6 is 0 Å². The van der Waals surface area contributed by atoms with Crippen molar-refractivity contribution in [2.24, 2.45) is 0 Å². The van der Waals surface area contributed by atoms with Crippen molar-refractivity contribution in [2.75, 3.05) is 10.2 Å². The van der Waals surface area contributed by atoms with Crippen LogP contribution in [0.1, 0.15) is 23.6 Å². The minimum Gasteiger partial charge on any atom is -0.350 e. The topological polar surface area (TPSA) is 49.4 Å². The molecular formula is C29H24N2O2. The Bertz CT molecular complexity index is 1390. The number of amides is 2. The highest BCUT2D eigenvalue weighted by Gasteiger charge is 2.40. The second-order valence-corrected chi connectivity index (χ2v) is 8.23. The average Bonchev–Trinajstić information content (AvgIpc) is 3.09. The average molecular weight is 433 g/mol. The minimum absolute atomic E-state index is 0.291. The van der Waals surface area contributed by atoms with Gasteiger partial charge in [-0.15, -0.1) is 0 Å². The highest BCUT2D eigenvalue weighted by atomic mass is 16.2. The molecule has 0 fully saturated rings. The fraction of sp³-hybridized carbons (Fsp3) is 0.103. The van der Waals surface area contributed by atoms with Crippen LogP contribution in [0.3, 0.4) is 0 Å². The molecule has 4 aromatic rings. The quantitative estimate of drug-likeness (QED) is 0.387. The number of hydrogen-bond donors (Lipinski definition) is 1. The van der Waals surface area contributed by atoms with Crippen LogP contribution < -0.4 is 10.2 Å². The molecule has 0 bridgehead atoms. The molecule has 0 saturated carbocycles. The first-order valence-electron chi connectivity index (χ1n) is 11.1. The summed E-state index contributed by atoms with van der Waals surface area (Å²) in [5, 5.41) is 5.36. The SMILES string of the molecule is CCc1ccc(N2C(=O)C(Nc3cccc4ccccc34)=C(c3ccc(C)cc3)C2=O)cc1. The maximum Gasteiger partial charge on any atom is 0.282 e. The van der Waals surface area contributed by atoms with Gasteiger partial charge in [-0.2, -0.15) is 0 Å². The lowest BCUT2D eigenvalue weighted by Crippen LogP contribution is -2.32. The van der Waals surface area contributed by atoms with Gasteiger partial charge >= 0.3 is 0 Å². The standard InChI is InChI=1S/C29H24N2O2/c1-3-20-13-17-23(18-14-20)31-28(32)26(22-15-11-19(2)12-16-22)27(29(31)33)30-25-10-6-8-21-7-4-5-9-24(21)25/h4-18,30H,3H2,1-2H3. The molecule has 0 saturated heterocycles. The maximum atomic E-state index is 13.6. The summed E-state index contributed by atoms with van der Waals surface area (Å²) in [6, 6.07) is 29.2. The number of imide groups is 1. The molecule has 0 aromatic heterocycles. The number of nitrogens with zero attached hydrogens (tertiary/aromatic N) is 1. The highest BCUT2D eigenvalue weighted by Crippen LogP contribution is 2.35. The van der Waals surface area contributed by atoms with Gasteiger partial charge in [-0.1, -0.05) is 85.3 Å². The van der Waals surface area contributed by atoms with Crippen LogP contribution in [-0.2, 0) is 16.0 Å². The molecule has 0 atom stereocenters. The third kappa shape index (κ3) is 3.70. The van der Waals surface area contributed by atoms with E-state index in [9.17, 15) is 9.59 Å². The van der Waals surface area contributed by atoms with Gasteiger partial charge in [0.15, 0.2) is 0 Å². The van der Waals surface area contributed by atoms with Gasteiger partial charge in [0.2, 0.25) is 0 Å². The summed E-state index contributed by atoms with van der Waals surface area (Å²) in [5.74, 6) is -0.677. The Morgan fingerprint density at radius 1 is 0.758 bits per heavy atom. The Hall–Kier alpha value is -4.18. The Morgan fingerprint density at radius 3 is 2.18 bits per heavy atom. The van der Waals surface area contributed by atoms with Gasteiger partial charge in [0.05, 0.1) is 11.3 Å². The van der Waals surface area contributed by atoms with Crippen LogP contribution in [0.15, 0.2) is 96.7 Å². The van der Waals surface area contributed by atoms with Gasteiger partial charge in [-0.25, -0.2) is 4.90 Å². The van der Waals surface area contributed by atoms with E-state index in [1.165, 1.54) is 4.90 Å². The number of aryl methyl sites for hydroxylation is 2. The third-order valence-corrected chi connectivity index (χ3v) is 6.08. The molecule has 0 radical (unpaired) electrons. The van der Waals surface area contributed by atoms with E-state index < -0.39 is 0 Å². The van der Waals surface area contributed by atoms with Crippen molar-refractivity contribution in [2.45, 2.75) is 20.3 Å². The van der Waals surface area contributed by atoms with Gasteiger partial charge in [-0.3, -0.25) is 9.59 Å². The van der Waals surface area contributed by atoms with Gasteiger partial charge in [0.1, 0.15) is 5.70 Å². The van der Waals surface area contributed by atoms with Crippen molar-refractivity contribution in [1.29, 1.82) is 0 Å². The lowest BCUT2D eigenvalue weighted by Gasteiger charge is -2.16. The van der Waals surface area contributed by atoms with E-state index >= 15 is 0 Å². The zero-order valence-electron chi connectivity index (χ0n) is 18.6. The number of carbonyl (C=O) groups is 2. The van der Waals surface area contributed by atoms with E-state index in [0.29, 0.717) is 17.0 Å². The molecule has 33 heavy (non-hydrogen) atoms. The second-order valence-electron chi connectivity index (χ2n) is 8.23. The van der Waals surface area contributed by atoms with Crippen molar-refractivity contribution < 1.29 is 9.59 Å². The molecule has 4 aromatic carbocycles. The molecule has 0 unspecified atom stereocenters. The molecule has 1 heterocycles. The first-order chi connectivity index (χ1) is 16.1. The van der Waals surface area contributed by atoms with E-state index in [1.807, 2.05) is 97.9 Å². The zero-order chi connectivity index (χ0) is 22.9. The molecule has 2 amide bonds. The molecular weight excluding hydrogens is 408 g/mol. The Balaban J connectivity index is 1.63. The van der Waals surface area contributed by atoms with Gasteiger partial charge in [0, 0.05) is 11.1 Å². The summed E-state index contributed by atoms with van der Waals surface area (Å²) in [4.78, 5) is 28.5. The van der Waals surface area contributed by atoms with E-state index in [-0.39, 0.29) is 11.8 Å². The smallest absolute Gasteiger partial charge is 0.282 e. The fourth-order valence-electron chi connectivity index (χ4n) is 4.22. The van der Waals surface area contributed by atoms with Crippen molar-refractivity contribution in [3.8, 4) is 0 Å². The number of anilines is 2. The molecule has 5 rings (SSSR count). The van der Waals surface area contributed by atoms with Crippen LogP contribution in [0.25, 0.3) is 16.3 Å². The molecule has 4 nitrogen and oxygen atoms in total. The fourth-order valence-corrected chi connectivity index (χ4v) is 4.22. The summed E-state index contributed by atoms with van der Waals surface area (Å²) in [5.41, 5.74) is 4.99. The number of hydrogen-bond acceptors (Lipinski definition) is 3. The molecule has 4 heteroatoms. The van der Waals surface area contributed by atoms with E-state index in [0.717, 1.165) is 39.6 Å². The third-order valence-electron chi connectivity index (χ3n) is 6.08. The normalized spacial score (nSPS) is 13.8. The first kappa shape index (κ1) is 20.7. The van der Waals surface area contributed by atoms with Crippen molar-refractivity contribution in [1.82, 2.24) is 0 Å². The summed E-state index contributed by atoms with van der Waals surface area (Å²) >= 11 is 0. The van der Waals surface area contributed by atoms with Gasteiger partial charge < -0.3 is 5.32 Å². The van der Waals surface area contributed by atoms with E-state index in [4.69, 9.17) is 0 Å². The Kier molecular flexibility index (Phi) is 5.27. The number of benzene rings is 4. The predicted octanol–water partition coefficient (Wildman–Crippen LogP) is 6.11. The Labute approximate surface area is 193 Å². The molecule has 0 aliphatic carbocycles. The lowest BCUT2D eigenvalue weighted by atomic mass is 10.0. The number of nitrogens with one attached hydrogen (secondary N) is 1.